The summed E-state index contributed by atoms with van der Waals surface area (Å²) >= 11 is 0. The van der Waals surface area contributed by atoms with Crippen LogP contribution >= 0.6 is 0 Å². The summed E-state index contributed by atoms with van der Waals surface area (Å²) in [6.07, 6.45) is 23.1. The van der Waals surface area contributed by atoms with E-state index in [-0.39, 0.29) is 35.2 Å². The maximum absolute atomic E-state index is 13.2. The first-order valence-corrected chi connectivity index (χ1v) is 21.5. The Bertz CT molecular complexity index is 1560. The highest BCUT2D eigenvalue weighted by Crippen LogP contribution is 2.67. The number of hydrogen-bond donors (Lipinski definition) is 3. The van der Waals surface area contributed by atoms with Crippen molar-refractivity contribution in [2.45, 2.75) is 156 Å². The van der Waals surface area contributed by atoms with Gasteiger partial charge in [0, 0.05) is 25.5 Å². The number of cyclic esters (lactones) is 1. The van der Waals surface area contributed by atoms with E-state index in [1.807, 2.05) is 25.1 Å². The number of aromatic hydroxyl groups is 1. The zero-order valence-corrected chi connectivity index (χ0v) is 34.0. The Morgan fingerprint density at radius 1 is 1.06 bits per heavy atom. The average molecular weight is 744 g/mol. The molecule has 1 aliphatic heterocycles. The largest absolute Gasteiger partial charge is 0.507 e. The molecular formula is C47H69NO6. The zero-order chi connectivity index (χ0) is 38.6. The molecule has 298 valence electrons. The molecule has 1 aromatic rings. The molecule has 4 aliphatic carbocycles. The summed E-state index contributed by atoms with van der Waals surface area (Å²) in [5.41, 5.74) is 3.02. The number of alkyl carbamates (subject to hydrolysis) is 1. The quantitative estimate of drug-likeness (QED) is 0.172. The first-order valence-electron chi connectivity index (χ1n) is 21.5. The third-order valence-electron chi connectivity index (χ3n) is 15.0. The van der Waals surface area contributed by atoms with Gasteiger partial charge < -0.3 is 19.7 Å². The van der Waals surface area contributed by atoms with Gasteiger partial charge in [-0.1, -0.05) is 103 Å². The lowest BCUT2D eigenvalue weighted by molar-refractivity contribution is -0.0580. The number of phenols is 1. The molecule has 11 atom stereocenters. The molecule has 0 saturated heterocycles. The number of amides is 1. The van der Waals surface area contributed by atoms with Gasteiger partial charge in [0.05, 0.1) is 6.10 Å². The standard InChI is InChI=1S/C47H69NO6/c1-30(2)12-9-14-31(3)38-21-22-39-37-20-19-34-28-36(23-25-46(34,5)40(37)24-26-47(38,39)6)54-45(52)48-27-11-17-35-29-42(50)32(4)13-7-8-15-33-16-10-18-41(49)43(33)44(51)53-35/h7-8,10-11,16,18-19,27,30-32,35-40,42,49-50H,9,12-15,17,20-26,28-29H2,1-6H3,(H,48,52)/b8-7+,27-11+/t31-,32+,35+,36?,37?,38-,39?,40?,42-,46+,47-/m1/s1. The minimum atomic E-state index is -0.676. The molecule has 6 rings (SSSR count). The predicted molar refractivity (Wildman–Crippen MR) is 215 cm³/mol. The van der Waals surface area contributed by atoms with Crippen LogP contribution in [0.2, 0.25) is 0 Å². The van der Waals surface area contributed by atoms with E-state index in [0.717, 1.165) is 54.8 Å². The summed E-state index contributed by atoms with van der Waals surface area (Å²) in [7, 11) is 0. The first-order chi connectivity index (χ1) is 25.8. The molecule has 7 nitrogen and oxygen atoms in total. The normalized spacial score (nSPS) is 36.7. The monoisotopic (exact) mass is 744 g/mol. The molecule has 5 aliphatic rings. The fourth-order valence-electron chi connectivity index (χ4n) is 11.9. The maximum atomic E-state index is 13.2. The van der Waals surface area contributed by atoms with Crippen LogP contribution in [0.5, 0.6) is 5.75 Å². The Hall–Kier alpha value is -3.06. The Morgan fingerprint density at radius 2 is 1.87 bits per heavy atom. The van der Waals surface area contributed by atoms with E-state index >= 15 is 0 Å². The highest BCUT2D eigenvalue weighted by atomic mass is 16.6. The van der Waals surface area contributed by atoms with Crippen molar-refractivity contribution in [3.63, 3.8) is 0 Å². The number of phenolic OH excluding ortho intramolecular Hbond substituents is 1. The molecule has 1 amide bonds. The zero-order valence-electron chi connectivity index (χ0n) is 34.0. The van der Waals surface area contributed by atoms with Crippen molar-refractivity contribution in [1.29, 1.82) is 0 Å². The number of aliphatic hydroxyl groups excluding tert-OH is 1. The van der Waals surface area contributed by atoms with E-state index in [1.54, 1.807) is 18.3 Å². The molecule has 54 heavy (non-hydrogen) atoms. The average Bonchev–Trinajstić information content (AvgIpc) is 3.48. The number of ether oxygens (including phenoxy) is 2. The summed E-state index contributed by atoms with van der Waals surface area (Å²) in [6.45, 7) is 14.4. The molecule has 3 saturated carbocycles. The molecule has 0 spiro atoms. The number of aliphatic hydroxyl groups is 1. The van der Waals surface area contributed by atoms with E-state index in [2.05, 4.69) is 46.0 Å². The summed E-state index contributed by atoms with van der Waals surface area (Å²) in [5, 5.41) is 24.2. The molecule has 0 radical (unpaired) electrons. The Labute approximate surface area is 325 Å². The van der Waals surface area contributed by atoms with E-state index in [1.165, 1.54) is 63.0 Å². The first kappa shape index (κ1) is 40.6. The van der Waals surface area contributed by atoms with Crippen LogP contribution in [-0.2, 0) is 15.9 Å². The van der Waals surface area contributed by atoms with E-state index in [9.17, 15) is 19.8 Å². The third-order valence-corrected chi connectivity index (χ3v) is 15.0. The van der Waals surface area contributed by atoms with Crippen LogP contribution in [-0.4, -0.2) is 40.6 Å². The van der Waals surface area contributed by atoms with Crippen LogP contribution in [0.25, 0.3) is 0 Å². The highest BCUT2D eigenvalue weighted by molar-refractivity contribution is 5.94. The molecule has 4 unspecified atom stereocenters. The lowest BCUT2D eigenvalue weighted by Gasteiger charge is -2.58. The lowest BCUT2D eigenvalue weighted by atomic mass is 9.47. The highest BCUT2D eigenvalue weighted by Gasteiger charge is 2.59. The fraction of sp³-hybridized carbons (Fsp3) is 0.702. The molecule has 7 heteroatoms. The Balaban J connectivity index is 1.02. The van der Waals surface area contributed by atoms with Crippen molar-refractivity contribution in [3.8, 4) is 5.75 Å². The predicted octanol–water partition coefficient (Wildman–Crippen LogP) is 10.8. The number of fused-ring (bicyclic) bond motifs is 6. The second-order valence-electron chi connectivity index (χ2n) is 18.9. The number of hydrogen-bond acceptors (Lipinski definition) is 6. The second-order valence-corrected chi connectivity index (χ2v) is 18.9. The molecule has 0 bridgehead atoms. The third kappa shape index (κ3) is 8.82. The van der Waals surface area contributed by atoms with Gasteiger partial charge in [-0.25, -0.2) is 9.59 Å². The number of esters is 1. The van der Waals surface area contributed by atoms with Gasteiger partial charge in [0.2, 0.25) is 0 Å². The van der Waals surface area contributed by atoms with E-state index in [4.69, 9.17) is 9.47 Å². The Morgan fingerprint density at radius 3 is 2.67 bits per heavy atom. The van der Waals surface area contributed by atoms with Gasteiger partial charge in [0.25, 0.3) is 0 Å². The van der Waals surface area contributed by atoms with Crippen LogP contribution in [0.4, 0.5) is 4.79 Å². The van der Waals surface area contributed by atoms with Gasteiger partial charge >= 0.3 is 12.1 Å². The second kappa shape index (κ2) is 17.4. The number of carbonyl (C=O) groups excluding carboxylic acids is 2. The van der Waals surface area contributed by atoms with Crippen molar-refractivity contribution in [2.75, 3.05) is 0 Å². The van der Waals surface area contributed by atoms with Gasteiger partial charge in [-0.05, 0) is 122 Å². The van der Waals surface area contributed by atoms with Gasteiger partial charge in [-0.15, -0.1) is 0 Å². The lowest BCUT2D eigenvalue weighted by Crippen LogP contribution is -2.51. The van der Waals surface area contributed by atoms with E-state index < -0.39 is 24.3 Å². The van der Waals surface area contributed by atoms with Crippen molar-refractivity contribution in [2.24, 2.45) is 52.3 Å². The van der Waals surface area contributed by atoms with Crippen molar-refractivity contribution >= 4 is 12.1 Å². The molecule has 1 aromatic carbocycles. The topological polar surface area (TPSA) is 105 Å². The van der Waals surface area contributed by atoms with Gasteiger partial charge in [-0.2, -0.15) is 0 Å². The maximum Gasteiger partial charge on any atom is 0.411 e. The molecular weight excluding hydrogens is 675 g/mol. The van der Waals surface area contributed by atoms with Crippen LogP contribution in [0.15, 0.2) is 54.3 Å². The SMILES string of the molecule is CC(C)CCC[C@@H](C)[C@H]1CCC2C3CC=C4CC(OC(=O)N/C=C/C[C@H]5C[C@@H](O)[C@@H](C)C/C=C/Cc6cccc(O)c6C(=O)O5)CC[C@]4(C)C3CC[C@@]21C. The number of allylic oxidation sites excluding steroid dienone is 3. The fourth-order valence-corrected chi connectivity index (χ4v) is 11.9. The van der Waals surface area contributed by atoms with Crippen LogP contribution in [0.1, 0.15) is 147 Å². The summed E-state index contributed by atoms with van der Waals surface area (Å²) < 4.78 is 11.8. The molecule has 1 heterocycles. The molecule has 0 aromatic heterocycles. The molecule has 3 fully saturated rings. The van der Waals surface area contributed by atoms with Gasteiger partial charge in [0.1, 0.15) is 23.5 Å². The number of carbonyl (C=O) groups is 2. The van der Waals surface area contributed by atoms with Crippen molar-refractivity contribution < 1.29 is 29.3 Å². The van der Waals surface area contributed by atoms with Crippen molar-refractivity contribution in [3.05, 3.63) is 65.4 Å². The Kier molecular flexibility index (Phi) is 13.1. The van der Waals surface area contributed by atoms with Crippen LogP contribution in [0, 0.1) is 52.3 Å². The van der Waals surface area contributed by atoms with Gasteiger partial charge in [-0.3, -0.25) is 5.32 Å². The van der Waals surface area contributed by atoms with Crippen LogP contribution < -0.4 is 5.32 Å². The molecule has 3 N–H and O–H groups in total. The summed E-state index contributed by atoms with van der Waals surface area (Å²) in [6, 6.07) is 5.02. The van der Waals surface area contributed by atoms with Gasteiger partial charge in [0.15, 0.2) is 0 Å². The summed E-state index contributed by atoms with van der Waals surface area (Å²) in [4.78, 5) is 26.2. The number of benzene rings is 1. The minimum absolute atomic E-state index is 0.0171. The number of nitrogens with one attached hydrogen (secondary N) is 1. The van der Waals surface area contributed by atoms with Crippen molar-refractivity contribution in [1.82, 2.24) is 5.32 Å². The smallest absolute Gasteiger partial charge is 0.411 e. The van der Waals surface area contributed by atoms with Crippen LogP contribution in [0.3, 0.4) is 0 Å². The van der Waals surface area contributed by atoms with E-state index in [0.29, 0.717) is 30.2 Å². The minimum Gasteiger partial charge on any atom is -0.507 e. The summed E-state index contributed by atoms with van der Waals surface area (Å²) in [5.74, 6) is 4.05. The number of rotatable bonds is 9.